The van der Waals surface area contributed by atoms with Gasteiger partial charge in [-0.1, -0.05) is 6.92 Å². The zero-order chi connectivity index (χ0) is 14.4. The molecule has 0 saturated heterocycles. The molecular formula is C14H12N6S. The molecule has 1 aliphatic rings. The maximum Gasteiger partial charge on any atom is 0.240 e. The third-order valence-corrected chi connectivity index (χ3v) is 5.11. The van der Waals surface area contributed by atoms with Crippen molar-refractivity contribution in [1.82, 2.24) is 24.7 Å². The predicted octanol–water partition coefficient (Wildman–Crippen LogP) is 2.27. The van der Waals surface area contributed by atoms with E-state index in [1.54, 1.807) is 22.2 Å². The molecule has 0 saturated carbocycles. The fraction of sp³-hybridized carbons (Fsp3) is 0.357. The Kier molecular flexibility index (Phi) is 2.72. The Labute approximate surface area is 125 Å². The summed E-state index contributed by atoms with van der Waals surface area (Å²) in [5.41, 5.74) is 1.33. The number of hydrogen-bond acceptors (Lipinski definition) is 6. The highest BCUT2D eigenvalue weighted by atomic mass is 32.1. The molecule has 21 heavy (non-hydrogen) atoms. The van der Waals surface area contributed by atoms with E-state index in [4.69, 9.17) is 5.26 Å². The minimum atomic E-state index is 0.249. The van der Waals surface area contributed by atoms with Crippen molar-refractivity contribution in [1.29, 1.82) is 5.26 Å². The molecule has 1 atom stereocenters. The van der Waals surface area contributed by atoms with E-state index in [1.165, 1.54) is 23.2 Å². The summed E-state index contributed by atoms with van der Waals surface area (Å²) >= 11 is 1.74. The molecule has 3 heterocycles. The Morgan fingerprint density at radius 3 is 3.19 bits per heavy atom. The van der Waals surface area contributed by atoms with Gasteiger partial charge >= 0.3 is 0 Å². The highest BCUT2D eigenvalue weighted by Crippen LogP contribution is 2.39. The lowest BCUT2D eigenvalue weighted by Gasteiger charge is -2.18. The standard InChI is InChI=1S/C14H12N6S/c1-8-2-3-9-10(4-8)21-14-12(9)13(16-6-17-14)20-7-18-19-11(20)5-15/h6-8H,2-4H2,1H3. The normalized spacial score (nSPS) is 17.6. The maximum absolute atomic E-state index is 9.15. The van der Waals surface area contributed by atoms with Gasteiger partial charge in [0, 0.05) is 4.88 Å². The molecule has 0 N–H and O–H groups in total. The predicted molar refractivity (Wildman–Crippen MR) is 78.2 cm³/mol. The van der Waals surface area contributed by atoms with Gasteiger partial charge < -0.3 is 0 Å². The van der Waals surface area contributed by atoms with Crippen molar-refractivity contribution in [3.05, 3.63) is 28.9 Å². The lowest BCUT2D eigenvalue weighted by molar-refractivity contribution is 0.509. The minimum Gasteiger partial charge on any atom is -0.256 e. The Morgan fingerprint density at radius 2 is 2.33 bits per heavy atom. The quantitative estimate of drug-likeness (QED) is 0.688. The molecule has 3 aromatic rings. The third kappa shape index (κ3) is 1.83. The monoisotopic (exact) mass is 296 g/mol. The van der Waals surface area contributed by atoms with E-state index in [0.29, 0.717) is 11.7 Å². The van der Waals surface area contributed by atoms with Crippen molar-refractivity contribution in [3.63, 3.8) is 0 Å². The molecule has 0 aromatic carbocycles. The van der Waals surface area contributed by atoms with E-state index >= 15 is 0 Å². The Bertz CT molecular complexity index is 871. The van der Waals surface area contributed by atoms with Crippen LogP contribution in [0.25, 0.3) is 16.0 Å². The van der Waals surface area contributed by atoms with Gasteiger partial charge in [-0.3, -0.25) is 4.57 Å². The molecule has 0 amide bonds. The van der Waals surface area contributed by atoms with Crippen molar-refractivity contribution in [3.8, 4) is 11.9 Å². The summed E-state index contributed by atoms with van der Waals surface area (Å²) in [6.45, 7) is 2.29. The van der Waals surface area contributed by atoms with Crippen LogP contribution in [0.3, 0.4) is 0 Å². The van der Waals surface area contributed by atoms with E-state index in [2.05, 4.69) is 33.2 Å². The average molecular weight is 296 g/mol. The van der Waals surface area contributed by atoms with Gasteiger partial charge in [-0.15, -0.1) is 21.5 Å². The Morgan fingerprint density at radius 1 is 1.43 bits per heavy atom. The van der Waals surface area contributed by atoms with Crippen LogP contribution in [0, 0.1) is 17.2 Å². The van der Waals surface area contributed by atoms with Crippen LogP contribution < -0.4 is 0 Å². The Balaban J connectivity index is 2.01. The maximum atomic E-state index is 9.15. The van der Waals surface area contributed by atoms with Gasteiger partial charge in [0.1, 0.15) is 23.6 Å². The highest BCUT2D eigenvalue weighted by molar-refractivity contribution is 7.18. The van der Waals surface area contributed by atoms with E-state index in [-0.39, 0.29) is 5.82 Å². The number of aromatic nitrogens is 5. The summed E-state index contributed by atoms with van der Waals surface area (Å²) in [6.07, 6.45) is 6.41. The van der Waals surface area contributed by atoms with E-state index in [1.807, 2.05) is 0 Å². The summed E-state index contributed by atoms with van der Waals surface area (Å²) in [5, 5.41) is 17.8. The molecule has 0 bridgehead atoms. The van der Waals surface area contributed by atoms with Crippen LogP contribution in [0.15, 0.2) is 12.7 Å². The van der Waals surface area contributed by atoms with Crippen LogP contribution >= 0.6 is 11.3 Å². The Hall–Kier alpha value is -2.33. The van der Waals surface area contributed by atoms with E-state index in [0.717, 1.165) is 23.1 Å². The summed E-state index contributed by atoms with van der Waals surface area (Å²) < 4.78 is 1.65. The summed E-state index contributed by atoms with van der Waals surface area (Å²) in [5.74, 6) is 1.68. The molecule has 6 nitrogen and oxygen atoms in total. The number of fused-ring (bicyclic) bond motifs is 3. The molecule has 0 radical (unpaired) electrons. The van der Waals surface area contributed by atoms with Crippen LogP contribution in [0.2, 0.25) is 0 Å². The number of nitriles is 1. The van der Waals surface area contributed by atoms with E-state index in [9.17, 15) is 0 Å². The van der Waals surface area contributed by atoms with Crippen molar-refractivity contribution in [2.24, 2.45) is 5.92 Å². The first-order chi connectivity index (χ1) is 10.3. The number of aryl methyl sites for hydroxylation is 1. The second-order valence-electron chi connectivity index (χ2n) is 5.37. The molecule has 7 heteroatoms. The molecule has 1 aliphatic carbocycles. The minimum absolute atomic E-state index is 0.249. The molecule has 1 unspecified atom stereocenters. The lowest BCUT2D eigenvalue weighted by Crippen LogP contribution is -2.09. The summed E-state index contributed by atoms with van der Waals surface area (Å²) in [7, 11) is 0. The first-order valence-corrected chi connectivity index (χ1v) is 7.65. The van der Waals surface area contributed by atoms with Crippen LogP contribution in [-0.4, -0.2) is 24.7 Å². The summed E-state index contributed by atoms with van der Waals surface area (Å²) in [6, 6.07) is 2.05. The molecular weight excluding hydrogens is 284 g/mol. The van der Waals surface area contributed by atoms with Gasteiger partial charge in [-0.2, -0.15) is 5.26 Å². The number of hydrogen-bond donors (Lipinski definition) is 0. The van der Waals surface area contributed by atoms with Gasteiger partial charge in [-0.05, 0) is 30.7 Å². The van der Waals surface area contributed by atoms with Crippen LogP contribution in [-0.2, 0) is 12.8 Å². The largest absolute Gasteiger partial charge is 0.256 e. The lowest BCUT2D eigenvalue weighted by atomic mass is 9.89. The molecule has 0 spiro atoms. The molecule has 0 aliphatic heterocycles. The molecule has 0 fully saturated rings. The molecule has 4 rings (SSSR count). The fourth-order valence-electron chi connectivity index (χ4n) is 2.91. The van der Waals surface area contributed by atoms with Crippen molar-refractivity contribution >= 4 is 21.6 Å². The van der Waals surface area contributed by atoms with Gasteiger partial charge in [-0.25, -0.2) is 9.97 Å². The fourth-order valence-corrected chi connectivity index (χ4v) is 4.25. The van der Waals surface area contributed by atoms with Gasteiger partial charge in [0.2, 0.25) is 5.82 Å². The first-order valence-electron chi connectivity index (χ1n) is 6.83. The van der Waals surface area contributed by atoms with Gasteiger partial charge in [0.15, 0.2) is 5.82 Å². The van der Waals surface area contributed by atoms with Gasteiger partial charge in [0.25, 0.3) is 0 Å². The van der Waals surface area contributed by atoms with Gasteiger partial charge in [0.05, 0.1) is 5.39 Å². The molecule has 104 valence electrons. The van der Waals surface area contributed by atoms with E-state index < -0.39 is 0 Å². The number of rotatable bonds is 1. The zero-order valence-electron chi connectivity index (χ0n) is 11.4. The molecule has 3 aromatic heterocycles. The topological polar surface area (TPSA) is 80.3 Å². The smallest absolute Gasteiger partial charge is 0.240 e. The van der Waals surface area contributed by atoms with Crippen molar-refractivity contribution in [2.75, 3.05) is 0 Å². The zero-order valence-corrected chi connectivity index (χ0v) is 12.3. The second kappa shape index (κ2) is 4.60. The van der Waals surface area contributed by atoms with Crippen molar-refractivity contribution < 1.29 is 0 Å². The van der Waals surface area contributed by atoms with Crippen LogP contribution in [0.1, 0.15) is 29.6 Å². The van der Waals surface area contributed by atoms with Crippen LogP contribution in [0.4, 0.5) is 0 Å². The SMILES string of the molecule is CC1CCc2c(sc3ncnc(-n4cnnc4C#N)c23)C1. The first kappa shape index (κ1) is 12.4. The van der Waals surface area contributed by atoms with Crippen molar-refractivity contribution in [2.45, 2.75) is 26.2 Å². The third-order valence-electron chi connectivity index (χ3n) is 3.95. The second-order valence-corrected chi connectivity index (χ2v) is 6.45. The average Bonchev–Trinajstić information content (AvgIpc) is 3.09. The summed E-state index contributed by atoms with van der Waals surface area (Å²) in [4.78, 5) is 11.2. The number of thiophene rings is 1. The van der Waals surface area contributed by atoms with Crippen LogP contribution in [0.5, 0.6) is 0 Å². The highest BCUT2D eigenvalue weighted by Gasteiger charge is 2.24. The number of nitrogens with zero attached hydrogens (tertiary/aromatic N) is 6.